The summed E-state index contributed by atoms with van der Waals surface area (Å²) in [4.78, 5) is 18.5. The molecule has 0 spiro atoms. The summed E-state index contributed by atoms with van der Waals surface area (Å²) in [6.45, 7) is 11.5. The summed E-state index contributed by atoms with van der Waals surface area (Å²) < 4.78 is 12.1. The smallest absolute Gasteiger partial charge is 0.434 e. The standard InChI is InChI=1S/C21H31NO4Si/c1-21(2,3)27(4,5)26-19-13-17-11-12-18(14-19)25-22(17)20(23)24-15-16-9-7-6-8-10-16/h6-12,17-19H,13-15H2,1-5H3/t17-,18+,19+/m1/s1. The Hall–Kier alpha value is -1.63. The highest BCUT2D eigenvalue weighted by Gasteiger charge is 2.43. The van der Waals surface area contributed by atoms with E-state index >= 15 is 0 Å². The van der Waals surface area contributed by atoms with Crippen molar-refractivity contribution in [2.24, 2.45) is 0 Å². The third-order valence-electron chi connectivity index (χ3n) is 5.75. The Labute approximate surface area is 163 Å². The van der Waals surface area contributed by atoms with E-state index in [4.69, 9.17) is 14.0 Å². The van der Waals surface area contributed by atoms with Crippen LogP contribution in [0.25, 0.3) is 0 Å². The number of carbonyl (C=O) groups excluding carboxylic acids is 1. The number of fused-ring (bicyclic) bond motifs is 3. The lowest BCUT2D eigenvalue weighted by Gasteiger charge is -2.39. The van der Waals surface area contributed by atoms with Crippen LogP contribution in [-0.4, -0.2) is 37.7 Å². The molecule has 1 aromatic rings. The van der Waals surface area contributed by atoms with Gasteiger partial charge in [0.15, 0.2) is 8.32 Å². The zero-order chi connectivity index (χ0) is 19.7. The summed E-state index contributed by atoms with van der Waals surface area (Å²) in [7, 11) is -1.87. The summed E-state index contributed by atoms with van der Waals surface area (Å²) in [6.07, 6.45) is 5.09. The Morgan fingerprint density at radius 2 is 1.89 bits per heavy atom. The normalized spacial score (nSPS) is 25.4. The molecule has 3 atom stereocenters. The van der Waals surface area contributed by atoms with Gasteiger partial charge in [-0.05, 0) is 30.1 Å². The average molecular weight is 390 g/mol. The summed E-state index contributed by atoms with van der Waals surface area (Å²) in [5, 5.41) is 1.55. The number of benzene rings is 1. The predicted molar refractivity (Wildman–Crippen MR) is 108 cm³/mol. The van der Waals surface area contributed by atoms with E-state index in [1.165, 1.54) is 5.06 Å². The largest absolute Gasteiger partial charge is 0.443 e. The van der Waals surface area contributed by atoms with Crippen LogP contribution in [0.5, 0.6) is 0 Å². The molecule has 0 radical (unpaired) electrons. The number of ether oxygens (including phenoxy) is 1. The first kappa shape index (κ1) is 20.1. The molecular formula is C21H31NO4Si. The molecule has 2 aliphatic heterocycles. The minimum Gasteiger partial charge on any atom is -0.443 e. The maximum absolute atomic E-state index is 12.6. The van der Waals surface area contributed by atoms with Crippen LogP contribution in [0.3, 0.4) is 0 Å². The van der Waals surface area contributed by atoms with Crippen molar-refractivity contribution in [3.8, 4) is 0 Å². The van der Waals surface area contributed by atoms with Gasteiger partial charge in [0.2, 0.25) is 0 Å². The molecule has 1 aromatic carbocycles. The lowest BCUT2D eigenvalue weighted by molar-refractivity contribution is -0.176. The van der Waals surface area contributed by atoms with Crippen LogP contribution < -0.4 is 0 Å². The van der Waals surface area contributed by atoms with Crippen molar-refractivity contribution in [1.29, 1.82) is 0 Å². The molecule has 4 rings (SSSR count). The Morgan fingerprint density at radius 3 is 2.56 bits per heavy atom. The first-order chi connectivity index (χ1) is 12.7. The van der Waals surface area contributed by atoms with Gasteiger partial charge in [0.05, 0.1) is 12.1 Å². The van der Waals surface area contributed by atoms with E-state index in [0.717, 1.165) is 18.4 Å². The maximum Gasteiger partial charge on any atom is 0.434 e. The van der Waals surface area contributed by atoms with Gasteiger partial charge in [-0.15, -0.1) is 0 Å². The van der Waals surface area contributed by atoms with Gasteiger partial charge in [-0.3, -0.25) is 4.84 Å². The van der Waals surface area contributed by atoms with Crippen LogP contribution >= 0.6 is 0 Å². The molecule has 1 fully saturated rings. The van der Waals surface area contributed by atoms with Crippen molar-refractivity contribution >= 4 is 14.4 Å². The zero-order valence-electron chi connectivity index (χ0n) is 17.0. The van der Waals surface area contributed by atoms with E-state index in [2.05, 4.69) is 33.9 Å². The fourth-order valence-electron chi connectivity index (χ4n) is 3.16. The minimum absolute atomic E-state index is 0.0859. The van der Waals surface area contributed by atoms with Crippen LogP contribution in [0.1, 0.15) is 39.2 Å². The lowest BCUT2D eigenvalue weighted by atomic mass is 10.1. The number of rotatable bonds is 4. The molecule has 0 saturated carbocycles. The topological polar surface area (TPSA) is 48.0 Å². The second kappa shape index (κ2) is 7.77. The van der Waals surface area contributed by atoms with E-state index in [9.17, 15) is 4.79 Å². The Morgan fingerprint density at radius 1 is 1.19 bits per heavy atom. The monoisotopic (exact) mass is 389 g/mol. The maximum atomic E-state index is 12.6. The zero-order valence-corrected chi connectivity index (χ0v) is 18.0. The summed E-state index contributed by atoms with van der Waals surface area (Å²) >= 11 is 0. The molecule has 3 aliphatic rings. The van der Waals surface area contributed by atoms with Crippen molar-refractivity contribution in [3.63, 3.8) is 0 Å². The molecule has 0 N–H and O–H groups in total. The van der Waals surface area contributed by atoms with Gasteiger partial charge in [0.25, 0.3) is 0 Å². The number of hydrogen-bond acceptors (Lipinski definition) is 4. The third-order valence-corrected chi connectivity index (χ3v) is 10.3. The van der Waals surface area contributed by atoms with Crippen molar-refractivity contribution in [2.45, 2.75) is 76.6 Å². The van der Waals surface area contributed by atoms with Gasteiger partial charge in [0, 0.05) is 6.42 Å². The molecule has 1 amide bonds. The number of amides is 1. The molecule has 1 saturated heterocycles. The molecule has 1 aliphatic carbocycles. The summed E-state index contributed by atoms with van der Waals surface area (Å²) in [5.74, 6) is 0. The highest BCUT2D eigenvalue weighted by Crippen LogP contribution is 2.40. The first-order valence-corrected chi connectivity index (χ1v) is 12.6. The van der Waals surface area contributed by atoms with Gasteiger partial charge < -0.3 is 9.16 Å². The molecule has 2 bridgehead atoms. The van der Waals surface area contributed by atoms with Crippen molar-refractivity contribution < 1.29 is 18.8 Å². The Balaban J connectivity index is 1.62. The molecule has 5 nitrogen and oxygen atoms in total. The fourth-order valence-corrected chi connectivity index (χ4v) is 4.54. The van der Waals surface area contributed by atoms with Crippen LogP contribution in [0.2, 0.25) is 18.1 Å². The summed E-state index contributed by atoms with van der Waals surface area (Å²) in [5.41, 5.74) is 0.959. The van der Waals surface area contributed by atoms with E-state index < -0.39 is 14.4 Å². The number of carbonyl (C=O) groups is 1. The number of hydrogen-bond donors (Lipinski definition) is 0. The summed E-state index contributed by atoms with van der Waals surface area (Å²) in [6, 6.07) is 9.52. The van der Waals surface area contributed by atoms with E-state index in [0.29, 0.717) is 0 Å². The highest BCUT2D eigenvalue weighted by molar-refractivity contribution is 6.74. The predicted octanol–water partition coefficient (Wildman–Crippen LogP) is 5.05. The van der Waals surface area contributed by atoms with Crippen LogP contribution in [0, 0.1) is 0 Å². The lowest BCUT2D eigenvalue weighted by Crippen LogP contribution is -2.45. The Kier molecular flexibility index (Phi) is 5.79. The van der Waals surface area contributed by atoms with Gasteiger partial charge in [0.1, 0.15) is 12.7 Å². The number of hydroxylamine groups is 2. The molecule has 0 unspecified atom stereocenters. The Bertz CT molecular complexity index is 683. The van der Waals surface area contributed by atoms with Crippen molar-refractivity contribution in [1.82, 2.24) is 5.06 Å². The van der Waals surface area contributed by atoms with Gasteiger partial charge in [-0.2, -0.15) is 5.06 Å². The van der Waals surface area contributed by atoms with Gasteiger partial charge in [-0.25, -0.2) is 4.79 Å². The molecule has 2 heterocycles. The van der Waals surface area contributed by atoms with Crippen LogP contribution in [0.15, 0.2) is 42.5 Å². The van der Waals surface area contributed by atoms with E-state index in [-0.39, 0.29) is 29.9 Å². The second-order valence-electron chi connectivity index (χ2n) is 8.93. The quantitative estimate of drug-likeness (QED) is 0.534. The molecule has 27 heavy (non-hydrogen) atoms. The van der Waals surface area contributed by atoms with E-state index in [1.54, 1.807) is 0 Å². The van der Waals surface area contributed by atoms with Crippen LogP contribution in [-0.2, 0) is 20.6 Å². The highest BCUT2D eigenvalue weighted by atomic mass is 28.4. The average Bonchev–Trinajstić information content (AvgIpc) is 2.89. The first-order valence-electron chi connectivity index (χ1n) is 9.68. The minimum atomic E-state index is -1.87. The van der Waals surface area contributed by atoms with Gasteiger partial charge in [-0.1, -0.05) is 63.3 Å². The van der Waals surface area contributed by atoms with E-state index in [1.807, 2.05) is 42.5 Å². The second-order valence-corrected chi connectivity index (χ2v) is 13.7. The molecular weight excluding hydrogens is 358 g/mol. The SMILES string of the molecule is CC(C)(C)[Si](C)(C)O[C@H]1C[C@H]2C=C[C@@H](C1)ON2C(=O)OCc1ccccc1. The number of nitrogens with zero attached hydrogens (tertiary/aromatic N) is 1. The van der Waals surface area contributed by atoms with Crippen molar-refractivity contribution in [3.05, 3.63) is 48.0 Å². The molecule has 6 heteroatoms. The molecule has 0 aromatic heterocycles. The van der Waals surface area contributed by atoms with Gasteiger partial charge >= 0.3 is 6.09 Å². The van der Waals surface area contributed by atoms with Crippen molar-refractivity contribution in [2.75, 3.05) is 0 Å². The third kappa shape index (κ3) is 4.81. The fraction of sp³-hybridized carbons (Fsp3) is 0.571. The van der Waals surface area contributed by atoms with Crippen LogP contribution in [0.4, 0.5) is 4.79 Å². The molecule has 148 valence electrons.